The van der Waals surface area contributed by atoms with Crippen LogP contribution in [0.5, 0.6) is 0 Å². The summed E-state index contributed by atoms with van der Waals surface area (Å²) in [6.07, 6.45) is 1.47. The van der Waals surface area contributed by atoms with E-state index in [4.69, 9.17) is 0 Å². The number of anilines is 1. The van der Waals surface area contributed by atoms with E-state index in [9.17, 15) is 14.7 Å². The van der Waals surface area contributed by atoms with E-state index in [-0.39, 0.29) is 17.2 Å². The van der Waals surface area contributed by atoms with Crippen LogP contribution in [0.4, 0.5) is 5.69 Å². The Kier molecular flexibility index (Phi) is 5.19. The Morgan fingerprint density at radius 1 is 1.00 bits per heavy atom. The molecule has 130 valence electrons. The maximum Gasteiger partial charge on any atom is 0.337 e. The van der Waals surface area contributed by atoms with Crippen molar-refractivity contribution in [2.45, 2.75) is 6.92 Å². The van der Waals surface area contributed by atoms with Gasteiger partial charge in [0, 0.05) is 10.5 Å². The van der Waals surface area contributed by atoms with Crippen LogP contribution in [0.1, 0.15) is 22.8 Å². The second-order valence-corrected chi connectivity index (χ2v) is 6.79. The van der Waals surface area contributed by atoms with Crippen LogP contribution in [-0.2, 0) is 4.79 Å². The summed E-state index contributed by atoms with van der Waals surface area (Å²) in [5, 5.41) is 14.1. The van der Waals surface area contributed by atoms with E-state index in [2.05, 4.69) is 21.2 Å². The Labute approximate surface area is 159 Å². The zero-order chi connectivity index (χ0) is 18.7. The monoisotopic (exact) mass is 409 g/mol. The standard InChI is InChI=1S/C21H16BrNO3/c1-13(15-7-6-14-4-2-3-5-16(14)11-15)10-20(24)23-19-9-8-17(22)12-18(19)21(25)26/h2-12H,1H3,(H,23,24)(H,25,26)/b13-10+. The zero-order valence-corrected chi connectivity index (χ0v) is 15.6. The van der Waals surface area contributed by atoms with Crippen LogP contribution < -0.4 is 5.32 Å². The van der Waals surface area contributed by atoms with Gasteiger partial charge in [-0.3, -0.25) is 4.79 Å². The Hall–Kier alpha value is -2.92. The fourth-order valence-corrected chi connectivity index (χ4v) is 3.05. The van der Waals surface area contributed by atoms with Gasteiger partial charge in [0.2, 0.25) is 5.91 Å². The lowest BCUT2D eigenvalue weighted by Gasteiger charge is -2.08. The van der Waals surface area contributed by atoms with E-state index < -0.39 is 5.97 Å². The first kappa shape index (κ1) is 17.9. The van der Waals surface area contributed by atoms with Crippen molar-refractivity contribution in [3.05, 3.63) is 82.3 Å². The molecular formula is C21H16BrNO3. The van der Waals surface area contributed by atoms with Gasteiger partial charge in [-0.15, -0.1) is 0 Å². The first-order chi connectivity index (χ1) is 12.4. The van der Waals surface area contributed by atoms with Crippen LogP contribution in [-0.4, -0.2) is 17.0 Å². The number of carboxylic acids is 1. The molecule has 0 spiro atoms. The van der Waals surface area contributed by atoms with Crippen molar-refractivity contribution in [2.24, 2.45) is 0 Å². The lowest BCUT2D eigenvalue weighted by molar-refractivity contribution is -0.111. The van der Waals surface area contributed by atoms with E-state index in [1.165, 1.54) is 12.1 Å². The van der Waals surface area contributed by atoms with E-state index >= 15 is 0 Å². The number of nitrogens with one attached hydrogen (secondary N) is 1. The van der Waals surface area contributed by atoms with Crippen LogP contribution >= 0.6 is 15.9 Å². The third kappa shape index (κ3) is 4.00. The molecule has 0 fully saturated rings. The number of hydrogen-bond acceptors (Lipinski definition) is 2. The van der Waals surface area contributed by atoms with E-state index in [0.29, 0.717) is 4.47 Å². The average Bonchev–Trinajstić information content (AvgIpc) is 2.62. The van der Waals surface area contributed by atoms with Gasteiger partial charge in [-0.25, -0.2) is 4.79 Å². The van der Waals surface area contributed by atoms with E-state index in [1.807, 2.05) is 49.4 Å². The summed E-state index contributed by atoms with van der Waals surface area (Å²) in [6, 6.07) is 18.7. The molecule has 3 aromatic rings. The number of allylic oxidation sites excluding steroid dienone is 1. The number of aromatic carboxylic acids is 1. The molecule has 0 aliphatic heterocycles. The third-order valence-corrected chi connectivity index (χ3v) is 4.52. The quantitative estimate of drug-likeness (QED) is 0.571. The van der Waals surface area contributed by atoms with Crippen molar-refractivity contribution in [3.63, 3.8) is 0 Å². The molecule has 0 bridgehead atoms. The fraction of sp³-hybridized carbons (Fsp3) is 0.0476. The normalized spacial score (nSPS) is 11.4. The van der Waals surface area contributed by atoms with E-state index in [1.54, 1.807) is 12.1 Å². The largest absolute Gasteiger partial charge is 0.478 e. The lowest BCUT2D eigenvalue weighted by Crippen LogP contribution is -2.12. The van der Waals surface area contributed by atoms with Gasteiger partial charge < -0.3 is 10.4 Å². The molecule has 26 heavy (non-hydrogen) atoms. The van der Waals surface area contributed by atoms with Crippen molar-refractivity contribution in [3.8, 4) is 0 Å². The Morgan fingerprint density at radius 2 is 1.73 bits per heavy atom. The third-order valence-electron chi connectivity index (χ3n) is 4.02. The smallest absolute Gasteiger partial charge is 0.337 e. The highest BCUT2D eigenvalue weighted by atomic mass is 79.9. The molecule has 0 radical (unpaired) electrons. The Morgan fingerprint density at radius 3 is 2.46 bits per heavy atom. The van der Waals surface area contributed by atoms with Crippen LogP contribution in [0, 0.1) is 0 Å². The number of benzene rings is 3. The van der Waals surface area contributed by atoms with Crippen molar-refractivity contribution in [1.82, 2.24) is 0 Å². The van der Waals surface area contributed by atoms with Crippen molar-refractivity contribution in [1.29, 1.82) is 0 Å². The number of carbonyl (C=O) groups excluding carboxylic acids is 1. The summed E-state index contributed by atoms with van der Waals surface area (Å²) in [4.78, 5) is 23.7. The number of amides is 1. The topological polar surface area (TPSA) is 66.4 Å². The molecule has 4 nitrogen and oxygen atoms in total. The number of rotatable bonds is 4. The average molecular weight is 410 g/mol. The molecule has 5 heteroatoms. The predicted octanol–water partition coefficient (Wildman–Crippen LogP) is 5.34. The van der Waals surface area contributed by atoms with Crippen LogP contribution in [0.25, 0.3) is 16.3 Å². The summed E-state index contributed by atoms with van der Waals surface area (Å²) < 4.78 is 0.635. The van der Waals surface area contributed by atoms with Gasteiger partial charge in [-0.2, -0.15) is 0 Å². The molecule has 0 aromatic heterocycles. The summed E-state index contributed by atoms with van der Waals surface area (Å²) in [7, 11) is 0. The lowest BCUT2D eigenvalue weighted by atomic mass is 10.0. The minimum Gasteiger partial charge on any atom is -0.478 e. The van der Waals surface area contributed by atoms with Crippen LogP contribution in [0.3, 0.4) is 0 Å². The SMILES string of the molecule is C/C(=C\C(=O)Nc1ccc(Br)cc1C(=O)O)c1ccc2ccccc2c1. The molecule has 3 rings (SSSR count). The highest BCUT2D eigenvalue weighted by molar-refractivity contribution is 9.10. The highest BCUT2D eigenvalue weighted by Crippen LogP contribution is 2.23. The second-order valence-electron chi connectivity index (χ2n) is 5.87. The van der Waals surface area contributed by atoms with Gasteiger partial charge in [0.25, 0.3) is 0 Å². The Bertz CT molecular complexity index is 1040. The number of hydrogen-bond donors (Lipinski definition) is 2. The maximum atomic E-state index is 12.3. The summed E-state index contributed by atoms with van der Waals surface area (Å²) in [5.41, 5.74) is 2.02. The van der Waals surface area contributed by atoms with Gasteiger partial charge in [0.15, 0.2) is 0 Å². The van der Waals surface area contributed by atoms with Crippen LogP contribution in [0.15, 0.2) is 71.2 Å². The van der Waals surface area contributed by atoms with Crippen molar-refractivity contribution >= 4 is 49.8 Å². The second kappa shape index (κ2) is 7.54. The van der Waals surface area contributed by atoms with Gasteiger partial charge in [0.05, 0.1) is 11.3 Å². The number of fused-ring (bicyclic) bond motifs is 1. The maximum absolute atomic E-state index is 12.3. The molecule has 1 amide bonds. The van der Waals surface area contributed by atoms with E-state index in [0.717, 1.165) is 21.9 Å². The first-order valence-corrected chi connectivity index (χ1v) is 8.74. The molecular weight excluding hydrogens is 394 g/mol. The molecule has 0 atom stereocenters. The molecule has 0 saturated heterocycles. The minimum absolute atomic E-state index is 0.0319. The zero-order valence-electron chi connectivity index (χ0n) is 14.0. The molecule has 0 saturated carbocycles. The minimum atomic E-state index is -1.10. The molecule has 2 N–H and O–H groups in total. The Balaban J connectivity index is 1.85. The van der Waals surface area contributed by atoms with Crippen LogP contribution in [0.2, 0.25) is 0 Å². The molecule has 0 aliphatic carbocycles. The number of halogens is 1. The molecule has 0 heterocycles. The summed E-state index contributed by atoms with van der Waals surface area (Å²) in [5.74, 6) is -1.47. The van der Waals surface area contributed by atoms with Crippen molar-refractivity contribution < 1.29 is 14.7 Å². The molecule has 0 unspecified atom stereocenters. The van der Waals surface area contributed by atoms with Gasteiger partial charge in [-0.05, 0) is 53.1 Å². The fourth-order valence-electron chi connectivity index (χ4n) is 2.69. The van der Waals surface area contributed by atoms with Gasteiger partial charge in [-0.1, -0.05) is 52.3 Å². The number of carboxylic acid groups (broad SMARTS) is 1. The van der Waals surface area contributed by atoms with Gasteiger partial charge in [0.1, 0.15) is 0 Å². The van der Waals surface area contributed by atoms with Gasteiger partial charge >= 0.3 is 5.97 Å². The first-order valence-electron chi connectivity index (χ1n) is 7.95. The summed E-state index contributed by atoms with van der Waals surface area (Å²) in [6.45, 7) is 1.85. The highest BCUT2D eigenvalue weighted by Gasteiger charge is 2.12. The predicted molar refractivity (Wildman–Crippen MR) is 107 cm³/mol. The molecule has 3 aromatic carbocycles. The summed E-state index contributed by atoms with van der Waals surface area (Å²) >= 11 is 3.23. The molecule has 0 aliphatic rings. The number of carbonyl (C=O) groups is 2. The van der Waals surface area contributed by atoms with Crippen molar-refractivity contribution in [2.75, 3.05) is 5.32 Å².